The summed E-state index contributed by atoms with van der Waals surface area (Å²) in [4.78, 5) is 17.0. The first-order valence-corrected chi connectivity index (χ1v) is 9.35. The van der Waals surface area contributed by atoms with E-state index in [1.807, 2.05) is 12.3 Å². The Kier molecular flexibility index (Phi) is 5.41. The normalized spacial score (nSPS) is 15.9. The first kappa shape index (κ1) is 17.6. The highest BCUT2D eigenvalue weighted by Gasteiger charge is 2.17. The van der Waals surface area contributed by atoms with E-state index in [4.69, 9.17) is 0 Å². The van der Waals surface area contributed by atoms with E-state index in [0.29, 0.717) is 12.4 Å². The Balaban J connectivity index is 1.30. The summed E-state index contributed by atoms with van der Waals surface area (Å²) in [6.07, 6.45) is 3.52. The molecule has 7 nitrogen and oxygen atoms in total. The molecule has 4 rings (SSSR count). The highest BCUT2D eigenvalue weighted by Crippen LogP contribution is 2.08. The number of rotatable bonds is 6. The number of hydrogen-bond acceptors (Lipinski definition) is 5. The molecule has 0 saturated carbocycles. The van der Waals surface area contributed by atoms with Gasteiger partial charge in [-0.05, 0) is 17.7 Å². The van der Waals surface area contributed by atoms with Gasteiger partial charge in [0.15, 0.2) is 5.82 Å². The smallest absolute Gasteiger partial charge is 0.266 e. The lowest BCUT2D eigenvalue weighted by Gasteiger charge is -2.34. The van der Waals surface area contributed by atoms with Gasteiger partial charge in [-0.25, -0.2) is 9.36 Å². The van der Waals surface area contributed by atoms with Crippen molar-refractivity contribution >= 4 is 0 Å². The van der Waals surface area contributed by atoms with E-state index in [-0.39, 0.29) is 5.56 Å². The second-order valence-electron chi connectivity index (χ2n) is 6.81. The van der Waals surface area contributed by atoms with Gasteiger partial charge in [-0.15, -0.1) is 5.10 Å². The standard InChI is InChI=1S/C20H24N6O/c27-20-8-7-19(25-10-4-9-21-25)22-26(20)16-15-23-11-13-24(14-12-23)17-18-5-2-1-3-6-18/h1-10H,11-17H2. The van der Waals surface area contributed by atoms with Gasteiger partial charge in [0.2, 0.25) is 0 Å². The number of piperazine rings is 1. The second kappa shape index (κ2) is 8.28. The molecule has 0 radical (unpaired) electrons. The van der Waals surface area contributed by atoms with E-state index >= 15 is 0 Å². The third-order valence-corrected chi connectivity index (χ3v) is 4.93. The molecule has 1 aromatic carbocycles. The number of nitrogens with zero attached hydrogens (tertiary/aromatic N) is 6. The van der Waals surface area contributed by atoms with Crippen LogP contribution < -0.4 is 5.56 Å². The van der Waals surface area contributed by atoms with Crippen LogP contribution in [0.3, 0.4) is 0 Å². The number of hydrogen-bond donors (Lipinski definition) is 0. The van der Waals surface area contributed by atoms with Gasteiger partial charge in [0.1, 0.15) is 0 Å². The monoisotopic (exact) mass is 364 g/mol. The fourth-order valence-corrected chi connectivity index (χ4v) is 3.37. The lowest BCUT2D eigenvalue weighted by molar-refractivity contribution is 0.122. The fraction of sp³-hybridized carbons (Fsp3) is 0.350. The molecule has 0 spiro atoms. The molecule has 0 bridgehead atoms. The Labute approximate surface area is 158 Å². The predicted octanol–water partition coefficient (Wildman–Crippen LogP) is 1.25. The van der Waals surface area contributed by atoms with Crippen LogP contribution in [0, 0.1) is 0 Å². The molecule has 140 valence electrons. The quantitative estimate of drug-likeness (QED) is 0.659. The highest BCUT2D eigenvalue weighted by atomic mass is 16.1. The molecule has 27 heavy (non-hydrogen) atoms. The Bertz CT molecular complexity index is 898. The molecule has 1 saturated heterocycles. The molecular formula is C20H24N6O. The molecule has 1 fully saturated rings. The molecule has 0 aliphatic carbocycles. The zero-order valence-electron chi connectivity index (χ0n) is 15.3. The Morgan fingerprint density at radius 1 is 0.852 bits per heavy atom. The maximum atomic E-state index is 12.1. The Morgan fingerprint density at radius 3 is 2.37 bits per heavy atom. The lowest BCUT2D eigenvalue weighted by Crippen LogP contribution is -2.47. The maximum absolute atomic E-state index is 12.1. The molecule has 0 amide bonds. The van der Waals surface area contributed by atoms with E-state index in [0.717, 1.165) is 39.3 Å². The summed E-state index contributed by atoms with van der Waals surface area (Å²) in [6, 6.07) is 15.7. The van der Waals surface area contributed by atoms with Crippen LogP contribution in [-0.2, 0) is 13.1 Å². The van der Waals surface area contributed by atoms with Crippen LogP contribution >= 0.6 is 0 Å². The third kappa shape index (κ3) is 4.50. The maximum Gasteiger partial charge on any atom is 0.266 e. The zero-order valence-corrected chi connectivity index (χ0v) is 15.3. The van der Waals surface area contributed by atoms with E-state index in [2.05, 4.69) is 50.3 Å². The minimum atomic E-state index is -0.0754. The molecule has 1 aliphatic heterocycles. The van der Waals surface area contributed by atoms with Crippen molar-refractivity contribution in [3.8, 4) is 5.82 Å². The van der Waals surface area contributed by atoms with Crippen molar-refractivity contribution in [1.29, 1.82) is 0 Å². The molecule has 0 atom stereocenters. The molecule has 0 N–H and O–H groups in total. The van der Waals surface area contributed by atoms with Crippen LogP contribution in [-0.4, -0.2) is 62.1 Å². The van der Waals surface area contributed by atoms with Gasteiger partial charge in [0.25, 0.3) is 5.56 Å². The van der Waals surface area contributed by atoms with E-state index in [1.165, 1.54) is 10.2 Å². The van der Waals surface area contributed by atoms with Crippen LogP contribution in [0.2, 0.25) is 0 Å². The predicted molar refractivity (Wildman–Crippen MR) is 104 cm³/mol. The van der Waals surface area contributed by atoms with Crippen molar-refractivity contribution in [2.24, 2.45) is 0 Å². The van der Waals surface area contributed by atoms with Crippen LogP contribution in [0.5, 0.6) is 0 Å². The van der Waals surface area contributed by atoms with Crippen molar-refractivity contribution in [1.82, 2.24) is 29.4 Å². The largest absolute Gasteiger partial charge is 0.299 e. The molecule has 7 heteroatoms. The lowest BCUT2D eigenvalue weighted by atomic mass is 10.2. The van der Waals surface area contributed by atoms with Crippen LogP contribution in [0.4, 0.5) is 0 Å². The van der Waals surface area contributed by atoms with E-state index < -0.39 is 0 Å². The summed E-state index contributed by atoms with van der Waals surface area (Å²) in [7, 11) is 0. The van der Waals surface area contributed by atoms with Crippen LogP contribution in [0.1, 0.15) is 5.56 Å². The average Bonchev–Trinajstić information content (AvgIpc) is 3.24. The molecule has 0 unspecified atom stereocenters. The molecule has 3 aromatic rings. The summed E-state index contributed by atoms with van der Waals surface area (Å²) in [5.41, 5.74) is 1.28. The van der Waals surface area contributed by atoms with Gasteiger partial charge in [-0.1, -0.05) is 30.3 Å². The van der Waals surface area contributed by atoms with Crippen LogP contribution in [0.15, 0.2) is 65.7 Å². The van der Waals surface area contributed by atoms with E-state index in [1.54, 1.807) is 23.0 Å². The van der Waals surface area contributed by atoms with Gasteiger partial charge >= 0.3 is 0 Å². The van der Waals surface area contributed by atoms with Gasteiger partial charge in [0.05, 0.1) is 6.54 Å². The van der Waals surface area contributed by atoms with E-state index in [9.17, 15) is 4.79 Å². The zero-order chi connectivity index (χ0) is 18.5. The van der Waals surface area contributed by atoms with Gasteiger partial charge < -0.3 is 0 Å². The Morgan fingerprint density at radius 2 is 1.63 bits per heavy atom. The minimum absolute atomic E-state index is 0.0754. The van der Waals surface area contributed by atoms with Crippen LogP contribution in [0.25, 0.3) is 5.82 Å². The highest BCUT2D eigenvalue weighted by molar-refractivity contribution is 5.17. The third-order valence-electron chi connectivity index (χ3n) is 4.93. The SMILES string of the molecule is O=c1ccc(-n2cccn2)nn1CCN1CCN(Cc2ccccc2)CC1. The van der Waals surface area contributed by atoms with Gasteiger partial charge in [-0.2, -0.15) is 5.10 Å². The minimum Gasteiger partial charge on any atom is -0.299 e. The van der Waals surface area contributed by atoms with Crippen molar-refractivity contribution in [2.45, 2.75) is 13.1 Å². The molecule has 1 aliphatic rings. The number of aromatic nitrogens is 4. The fourth-order valence-electron chi connectivity index (χ4n) is 3.37. The molecule has 2 aromatic heterocycles. The molecule has 3 heterocycles. The van der Waals surface area contributed by atoms with Crippen molar-refractivity contribution in [3.05, 3.63) is 76.8 Å². The second-order valence-corrected chi connectivity index (χ2v) is 6.81. The summed E-state index contributed by atoms with van der Waals surface area (Å²) >= 11 is 0. The average molecular weight is 364 g/mol. The first-order valence-electron chi connectivity index (χ1n) is 9.35. The summed E-state index contributed by atoms with van der Waals surface area (Å²) in [5, 5.41) is 8.61. The van der Waals surface area contributed by atoms with Gasteiger partial charge in [0, 0.05) is 57.7 Å². The molecular weight excluding hydrogens is 340 g/mol. The number of benzene rings is 1. The van der Waals surface area contributed by atoms with Gasteiger partial charge in [-0.3, -0.25) is 14.6 Å². The summed E-state index contributed by atoms with van der Waals surface area (Å²) < 4.78 is 3.20. The summed E-state index contributed by atoms with van der Waals surface area (Å²) in [5.74, 6) is 0.660. The van der Waals surface area contributed by atoms with Crippen molar-refractivity contribution in [2.75, 3.05) is 32.7 Å². The van der Waals surface area contributed by atoms with Crippen molar-refractivity contribution in [3.63, 3.8) is 0 Å². The summed E-state index contributed by atoms with van der Waals surface area (Å²) in [6.45, 7) is 6.54. The van der Waals surface area contributed by atoms with Crippen molar-refractivity contribution < 1.29 is 0 Å². The first-order chi connectivity index (χ1) is 13.3. The topological polar surface area (TPSA) is 59.2 Å². The Hall–Kier alpha value is -2.77.